The molecular formula is C11H20N2. The van der Waals surface area contributed by atoms with Crippen LogP contribution in [0.2, 0.25) is 0 Å². The van der Waals surface area contributed by atoms with Crippen molar-refractivity contribution < 1.29 is 0 Å². The van der Waals surface area contributed by atoms with Crippen molar-refractivity contribution in [2.45, 2.75) is 44.8 Å². The van der Waals surface area contributed by atoms with Crippen LogP contribution in [-0.4, -0.2) is 36.1 Å². The average Bonchev–Trinajstić information content (AvgIpc) is 2.61. The zero-order valence-corrected chi connectivity index (χ0v) is 8.66. The first-order valence-corrected chi connectivity index (χ1v) is 5.41. The van der Waals surface area contributed by atoms with Gasteiger partial charge in [-0.2, -0.15) is 0 Å². The Morgan fingerprint density at radius 2 is 1.92 bits per heavy atom. The van der Waals surface area contributed by atoms with Gasteiger partial charge in [0.2, 0.25) is 0 Å². The molecule has 0 aromatic heterocycles. The molecule has 74 valence electrons. The fraction of sp³-hybridized carbons (Fsp3) is 0.818. The van der Waals surface area contributed by atoms with Crippen LogP contribution in [0.3, 0.4) is 0 Å². The quantitative estimate of drug-likeness (QED) is 0.613. The summed E-state index contributed by atoms with van der Waals surface area (Å²) >= 11 is 0. The normalized spacial score (nSPS) is 37.1. The van der Waals surface area contributed by atoms with E-state index in [-0.39, 0.29) is 0 Å². The lowest BCUT2D eigenvalue weighted by Gasteiger charge is -2.41. The number of hydrogen-bond acceptors (Lipinski definition) is 2. The summed E-state index contributed by atoms with van der Waals surface area (Å²) in [5.41, 5.74) is 0. The second-order valence-corrected chi connectivity index (χ2v) is 4.45. The summed E-state index contributed by atoms with van der Waals surface area (Å²) in [6.45, 7) is 6.98. The molecule has 1 heterocycles. The first-order valence-electron chi connectivity index (χ1n) is 5.41. The summed E-state index contributed by atoms with van der Waals surface area (Å²) in [5.74, 6) is 0. The van der Waals surface area contributed by atoms with Gasteiger partial charge in [-0.25, -0.2) is 0 Å². The van der Waals surface area contributed by atoms with Crippen LogP contribution in [0, 0.1) is 0 Å². The van der Waals surface area contributed by atoms with Gasteiger partial charge in [0.15, 0.2) is 0 Å². The third-order valence-electron chi connectivity index (χ3n) is 3.26. The van der Waals surface area contributed by atoms with Crippen molar-refractivity contribution in [3.05, 3.63) is 12.2 Å². The molecule has 2 atom stereocenters. The lowest BCUT2D eigenvalue weighted by Crippen LogP contribution is -2.57. The van der Waals surface area contributed by atoms with Crippen molar-refractivity contribution in [3.8, 4) is 0 Å². The standard InChI is InChI=1S/C11H20N2/c1-9-8-13(10(2)7-12-9)11-5-3-4-6-11/h3-4,9-12H,5-8H2,1-2H3. The van der Waals surface area contributed by atoms with Crippen molar-refractivity contribution in [1.82, 2.24) is 10.2 Å². The van der Waals surface area contributed by atoms with Gasteiger partial charge in [0, 0.05) is 31.2 Å². The molecule has 2 heteroatoms. The van der Waals surface area contributed by atoms with E-state index in [1.54, 1.807) is 0 Å². The number of hydrogen-bond donors (Lipinski definition) is 1. The maximum absolute atomic E-state index is 3.52. The molecule has 1 aliphatic carbocycles. The van der Waals surface area contributed by atoms with Crippen molar-refractivity contribution >= 4 is 0 Å². The Hall–Kier alpha value is -0.340. The summed E-state index contributed by atoms with van der Waals surface area (Å²) < 4.78 is 0. The summed E-state index contributed by atoms with van der Waals surface area (Å²) in [7, 11) is 0. The molecule has 0 aromatic carbocycles. The van der Waals surface area contributed by atoms with Crippen LogP contribution < -0.4 is 5.32 Å². The molecular weight excluding hydrogens is 160 g/mol. The lowest BCUT2D eigenvalue weighted by atomic mass is 10.1. The Morgan fingerprint density at radius 1 is 1.23 bits per heavy atom. The molecule has 0 radical (unpaired) electrons. The molecule has 2 rings (SSSR count). The predicted octanol–water partition coefficient (Wildman–Crippen LogP) is 1.39. The Labute approximate surface area is 81.0 Å². The van der Waals surface area contributed by atoms with Gasteiger partial charge in [0.05, 0.1) is 0 Å². The molecule has 1 saturated heterocycles. The average molecular weight is 180 g/mol. The minimum atomic E-state index is 0.664. The minimum Gasteiger partial charge on any atom is -0.311 e. The van der Waals surface area contributed by atoms with E-state index in [9.17, 15) is 0 Å². The molecule has 2 aliphatic rings. The summed E-state index contributed by atoms with van der Waals surface area (Å²) in [5, 5.41) is 3.52. The second kappa shape index (κ2) is 3.81. The van der Waals surface area contributed by atoms with Crippen LogP contribution in [0.1, 0.15) is 26.7 Å². The van der Waals surface area contributed by atoms with Gasteiger partial charge in [-0.3, -0.25) is 4.90 Å². The Balaban J connectivity index is 1.95. The highest BCUT2D eigenvalue weighted by molar-refractivity contribution is 5.01. The topological polar surface area (TPSA) is 15.3 Å². The van der Waals surface area contributed by atoms with Crippen LogP contribution in [0.25, 0.3) is 0 Å². The van der Waals surface area contributed by atoms with Gasteiger partial charge in [-0.05, 0) is 26.7 Å². The van der Waals surface area contributed by atoms with Crippen molar-refractivity contribution in [3.63, 3.8) is 0 Å². The van der Waals surface area contributed by atoms with Crippen LogP contribution in [0.15, 0.2) is 12.2 Å². The van der Waals surface area contributed by atoms with Gasteiger partial charge >= 0.3 is 0 Å². The van der Waals surface area contributed by atoms with E-state index in [0.717, 1.165) is 12.6 Å². The highest BCUT2D eigenvalue weighted by Crippen LogP contribution is 2.21. The van der Waals surface area contributed by atoms with Crippen molar-refractivity contribution in [2.75, 3.05) is 13.1 Å². The maximum Gasteiger partial charge on any atom is 0.0196 e. The van der Waals surface area contributed by atoms with Crippen molar-refractivity contribution in [1.29, 1.82) is 0 Å². The Morgan fingerprint density at radius 3 is 2.62 bits per heavy atom. The molecule has 0 spiro atoms. The third kappa shape index (κ3) is 1.94. The third-order valence-corrected chi connectivity index (χ3v) is 3.26. The van der Waals surface area contributed by atoms with Gasteiger partial charge < -0.3 is 5.32 Å². The molecule has 13 heavy (non-hydrogen) atoms. The highest BCUT2D eigenvalue weighted by atomic mass is 15.2. The number of piperazine rings is 1. The molecule has 2 unspecified atom stereocenters. The number of rotatable bonds is 1. The first-order chi connectivity index (χ1) is 6.27. The van der Waals surface area contributed by atoms with E-state index >= 15 is 0 Å². The zero-order valence-electron chi connectivity index (χ0n) is 8.66. The molecule has 2 nitrogen and oxygen atoms in total. The van der Waals surface area contributed by atoms with E-state index in [1.807, 2.05) is 0 Å². The largest absolute Gasteiger partial charge is 0.311 e. The second-order valence-electron chi connectivity index (χ2n) is 4.45. The van der Waals surface area contributed by atoms with Crippen LogP contribution >= 0.6 is 0 Å². The molecule has 0 bridgehead atoms. The van der Waals surface area contributed by atoms with Gasteiger partial charge in [0.1, 0.15) is 0 Å². The minimum absolute atomic E-state index is 0.664. The van der Waals surface area contributed by atoms with Gasteiger partial charge in [-0.1, -0.05) is 12.2 Å². The summed E-state index contributed by atoms with van der Waals surface area (Å²) in [4.78, 5) is 2.67. The number of nitrogens with one attached hydrogen (secondary N) is 1. The van der Waals surface area contributed by atoms with E-state index in [2.05, 4.69) is 36.2 Å². The van der Waals surface area contributed by atoms with Crippen LogP contribution in [-0.2, 0) is 0 Å². The predicted molar refractivity (Wildman–Crippen MR) is 55.8 cm³/mol. The van der Waals surface area contributed by atoms with Gasteiger partial charge in [0.25, 0.3) is 0 Å². The SMILES string of the molecule is CC1CN(C2CC=CC2)C(C)CN1. The Bertz CT molecular complexity index is 192. The fourth-order valence-corrected chi connectivity index (χ4v) is 2.43. The lowest BCUT2D eigenvalue weighted by molar-refractivity contribution is 0.100. The number of nitrogens with zero attached hydrogens (tertiary/aromatic N) is 1. The van der Waals surface area contributed by atoms with Gasteiger partial charge in [-0.15, -0.1) is 0 Å². The molecule has 0 saturated carbocycles. The highest BCUT2D eigenvalue weighted by Gasteiger charge is 2.28. The van der Waals surface area contributed by atoms with E-state index in [4.69, 9.17) is 0 Å². The van der Waals surface area contributed by atoms with E-state index in [0.29, 0.717) is 12.1 Å². The molecule has 1 N–H and O–H groups in total. The molecule has 0 amide bonds. The monoisotopic (exact) mass is 180 g/mol. The smallest absolute Gasteiger partial charge is 0.0196 e. The molecule has 1 fully saturated rings. The summed E-state index contributed by atoms with van der Waals surface area (Å²) in [6.07, 6.45) is 7.17. The van der Waals surface area contributed by atoms with E-state index < -0.39 is 0 Å². The van der Waals surface area contributed by atoms with Crippen LogP contribution in [0.4, 0.5) is 0 Å². The first kappa shape index (κ1) is 9.22. The van der Waals surface area contributed by atoms with E-state index in [1.165, 1.54) is 19.4 Å². The van der Waals surface area contributed by atoms with Crippen molar-refractivity contribution in [2.24, 2.45) is 0 Å². The Kier molecular flexibility index (Phi) is 2.70. The molecule has 0 aromatic rings. The summed E-state index contributed by atoms with van der Waals surface area (Å²) in [6, 6.07) is 2.16. The maximum atomic E-state index is 3.52. The molecule has 1 aliphatic heterocycles. The fourth-order valence-electron chi connectivity index (χ4n) is 2.43. The van der Waals surface area contributed by atoms with Crippen LogP contribution in [0.5, 0.6) is 0 Å². The zero-order chi connectivity index (χ0) is 9.26.